The number of hydrogen-bond acceptors (Lipinski definition) is 5. The molecule has 0 saturated carbocycles. The van der Waals surface area contributed by atoms with Gasteiger partial charge >= 0.3 is 5.97 Å². The number of aliphatic hydroxyl groups excluding tert-OH is 2. The van der Waals surface area contributed by atoms with Gasteiger partial charge in [0.25, 0.3) is 0 Å². The van der Waals surface area contributed by atoms with Crippen molar-refractivity contribution in [3.8, 4) is 0 Å². The summed E-state index contributed by atoms with van der Waals surface area (Å²) in [6.07, 6.45) is -0.452. The van der Waals surface area contributed by atoms with Gasteiger partial charge in [0, 0.05) is 19.6 Å². The summed E-state index contributed by atoms with van der Waals surface area (Å²) < 4.78 is 0. The van der Waals surface area contributed by atoms with Crippen molar-refractivity contribution in [3.63, 3.8) is 0 Å². The summed E-state index contributed by atoms with van der Waals surface area (Å²) in [7, 11) is 0. The van der Waals surface area contributed by atoms with Crippen molar-refractivity contribution in [2.24, 2.45) is 5.73 Å². The Morgan fingerprint density at radius 2 is 2.29 bits per heavy atom. The smallest absolute Gasteiger partial charge is 0.325 e. The Morgan fingerprint density at radius 3 is 2.71 bits per heavy atom. The molecule has 1 aliphatic heterocycles. The van der Waals surface area contributed by atoms with Crippen LogP contribution in [0.3, 0.4) is 0 Å². The van der Waals surface area contributed by atoms with Gasteiger partial charge in [0.15, 0.2) is 0 Å². The molecule has 2 atom stereocenters. The van der Waals surface area contributed by atoms with Crippen LogP contribution in [0, 0.1) is 0 Å². The monoisotopic (exact) mass is 204 g/mol. The first-order valence-electron chi connectivity index (χ1n) is 4.51. The van der Waals surface area contributed by atoms with Crippen LogP contribution in [0.1, 0.15) is 6.42 Å². The Kier molecular flexibility index (Phi) is 3.43. The van der Waals surface area contributed by atoms with Crippen LogP contribution >= 0.6 is 0 Å². The predicted molar refractivity (Wildman–Crippen MR) is 48.7 cm³/mol. The van der Waals surface area contributed by atoms with Gasteiger partial charge in [-0.2, -0.15) is 0 Å². The summed E-state index contributed by atoms with van der Waals surface area (Å²) in [6, 6.07) is 0. The number of rotatable bonds is 4. The predicted octanol–water partition coefficient (Wildman–Crippen LogP) is -2.17. The van der Waals surface area contributed by atoms with Crippen molar-refractivity contribution in [1.29, 1.82) is 0 Å². The fourth-order valence-electron chi connectivity index (χ4n) is 1.60. The summed E-state index contributed by atoms with van der Waals surface area (Å²) in [5.41, 5.74) is 4.42. The molecule has 1 fully saturated rings. The topological polar surface area (TPSA) is 107 Å². The van der Waals surface area contributed by atoms with Crippen molar-refractivity contribution in [1.82, 2.24) is 4.90 Å². The molecule has 0 radical (unpaired) electrons. The molecule has 0 aromatic heterocycles. The summed E-state index contributed by atoms with van der Waals surface area (Å²) >= 11 is 0. The molecule has 14 heavy (non-hydrogen) atoms. The molecule has 0 aromatic rings. The van der Waals surface area contributed by atoms with E-state index < -0.39 is 17.6 Å². The van der Waals surface area contributed by atoms with Gasteiger partial charge in [-0.15, -0.1) is 0 Å². The van der Waals surface area contributed by atoms with E-state index in [1.54, 1.807) is 4.90 Å². The van der Waals surface area contributed by atoms with Gasteiger partial charge in [0.2, 0.25) is 0 Å². The minimum absolute atomic E-state index is 0.222. The SMILES string of the molecule is NC1(C(=O)O)CCN(CC(O)CO)C1. The van der Waals surface area contributed by atoms with Crippen molar-refractivity contribution >= 4 is 5.97 Å². The Morgan fingerprint density at radius 1 is 1.64 bits per heavy atom. The van der Waals surface area contributed by atoms with Gasteiger partial charge in [-0.05, 0) is 6.42 Å². The fraction of sp³-hybridized carbons (Fsp3) is 0.875. The number of carboxylic acids is 1. The lowest BCUT2D eigenvalue weighted by atomic mass is 10.0. The molecule has 0 aromatic carbocycles. The molecular weight excluding hydrogens is 188 g/mol. The van der Waals surface area contributed by atoms with E-state index >= 15 is 0 Å². The van der Waals surface area contributed by atoms with Gasteiger partial charge in [0.1, 0.15) is 5.54 Å². The van der Waals surface area contributed by atoms with E-state index in [4.69, 9.17) is 21.1 Å². The van der Waals surface area contributed by atoms with Crippen molar-refractivity contribution < 1.29 is 20.1 Å². The van der Waals surface area contributed by atoms with E-state index in [9.17, 15) is 4.79 Å². The Balaban J connectivity index is 2.45. The maximum atomic E-state index is 10.8. The number of hydrogen-bond donors (Lipinski definition) is 4. The van der Waals surface area contributed by atoms with Gasteiger partial charge in [-0.1, -0.05) is 0 Å². The zero-order valence-electron chi connectivity index (χ0n) is 7.89. The first-order valence-corrected chi connectivity index (χ1v) is 4.51. The second kappa shape index (κ2) is 4.22. The Hall–Kier alpha value is -0.690. The van der Waals surface area contributed by atoms with Gasteiger partial charge < -0.3 is 21.1 Å². The zero-order chi connectivity index (χ0) is 10.8. The largest absolute Gasteiger partial charge is 0.480 e. The number of nitrogens with two attached hydrogens (primary N) is 1. The number of β-amino-alcohol motifs (C(OH)–C–C–N with tert-alkyl or cyclic N) is 1. The number of aliphatic carboxylic acids is 1. The molecule has 1 saturated heterocycles. The second-order valence-electron chi connectivity index (χ2n) is 3.78. The number of likely N-dealkylation sites (tertiary alicyclic amines) is 1. The molecule has 0 bridgehead atoms. The van der Waals surface area contributed by atoms with Crippen LogP contribution in [0.4, 0.5) is 0 Å². The molecule has 1 aliphatic rings. The lowest BCUT2D eigenvalue weighted by molar-refractivity contribution is -0.142. The van der Waals surface area contributed by atoms with Crippen LogP contribution in [0.25, 0.3) is 0 Å². The first-order chi connectivity index (χ1) is 6.48. The second-order valence-corrected chi connectivity index (χ2v) is 3.78. The fourth-order valence-corrected chi connectivity index (χ4v) is 1.60. The lowest BCUT2D eigenvalue weighted by Gasteiger charge is -2.21. The Labute approximate surface area is 81.9 Å². The van der Waals surface area contributed by atoms with Crippen molar-refractivity contribution in [2.75, 3.05) is 26.2 Å². The first kappa shape index (κ1) is 11.4. The third kappa shape index (κ3) is 2.42. The van der Waals surface area contributed by atoms with Crippen LogP contribution in [0.2, 0.25) is 0 Å². The number of carboxylic acid groups (broad SMARTS) is 1. The minimum atomic E-state index is -1.20. The van der Waals surface area contributed by atoms with E-state index in [0.29, 0.717) is 13.0 Å². The number of nitrogens with zero attached hydrogens (tertiary/aromatic N) is 1. The highest BCUT2D eigenvalue weighted by atomic mass is 16.4. The third-order valence-electron chi connectivity index (χ3n) is 2.49. The molecule has 6 heteroatoms. The number of carbonyl (C=O) groups is 1. The maximum Gasteiger partial charge on any atom is 0.325 e. The van der Waals surface area contributed by atoms with E-state index in [-0.39, 0.29) is 19.7 Å². The Bertz CT molecular complexity index is 223. The molecule has 0 amide bonds. The molecule has 0 aliphatic carbocycles. The normalized spacial score (nSPS) is 30.5. The molecule has 1 heterocycles. The summed E-state index contributed by atoms with van der Waals surface area (Å²) in [5.74, 6) is -1.02. The van der Waals surface area contributed by atoms with E-state index in [1.165, 1.54) is 0 Å². The summed E-state index contributed by atoms with van der Waals surface area (Å²) in [4.78, 5) is 12.5. The molecule has 82 valence electrons. The van der Waals surface area contributed by atoms with Crippen LogP contribution in [0.15, 0.2) is 0 Å². The average molecular weight is 204 g/mol. The minimum Gasteiger partial charge on any atom is -0.480 e. The molecule has 1 rings (SSSR count). The van der Waals surface area contributed by atoms with Crippen LogP contribution < -0.4 is 5.73 Å². The van der Waals surface area contributed by atoms with Crippen molar-refractivity contribution in [2.45, 2.75) is 18.1 Å². The maximum absolute atomic E-state index is 10.8. The molecule has 0 spiro atoms. The molecule has 5 N–H and O–H groups in total. The molecule has 2 unspecified atom stereocenters. The van der Waals surface area contributed by atoms with Crippen LogP contribution in [-0.2, 0) is 4.79 Å². The molecular formula is C8H16N2O4. The number of aliphatic hydroxyl groups is 2. The average Bonchev–Trinajstić information content (AvgIpc) is 2.49. The van der Waals surface area contributed by atoms with Gasteiger partial charge in [0.05, 0.1) is 12.7 Å². The third-order valence-corrected chi connectivity index (χ3v) is 2.49. The van der Waals surface area contributed by atoms with Crippen LogP contribution in [0.5, 0.6) is 0 Å². The van der Waals surface area contributed by atoms with E-state index in [2.05, 4.69) is 0 Å². The quantitative estimate of drug-likeness (QED) is 0.415. The lowest BCUT2D eigenvalue weighted by Crippen LogP contribution is -2.50. The highest BCUT2D eigenvalue weighted by Gasteiger charge is 2.41. The van der Waals surface area contributed by atoms with Crippen LogP contribution in [-0.4, -0.2) is 64.1 Å². The summed E-state index contributed by atoms with van der Waals surface area (Å²) in [5, 5.41) is 26.6. The molecule has 6 nitrogen and oxygen atoms in total. The van der Waals surface area contributed by atoms with Crippen molar-refractivity contribution in [3.05, 3.63) is 0 Å². The summed E-state index contributed by atoms with van der Waals surface area (Å²) in [6.45, 7) is 0.711. The van der Waals surface area contributed by atoms with Gasteiger partial charge in [-0.25, -0.2) is 0 Å². The van der Waals surface area contributed by atoms with E-state index in [0.717, 1.165) is 0 Å². The van der Waals surface area contributed by atoms with Gasteiger partial charge in [-0.3, -0.25) is 9.69 Å². The highest BCUT2D eigenvalue weighted by Crippen LogP contribution is 2.18. The van der Waals surface area contributed by atoms with E-state index in [1.807, 2.05) is 0 Å². The highest BCUT2D eigenvalue weighted by molar-refractivity contribution is 5.79. The zero-order valence-corrected chi connectivity index (χ0v) is 7.89. The standard InChI is InChI=1S/C8H16N2O4/c9-8(7(13)14)1-2-10(5-8)3-6(12)4-11/h6,11-12H,1-5,9H2,(H,13,14).